The van der Waals surface area contributed by atoms with Gasteiger partial charge in [0, 0.05) is 6.92 Å². The van der Waals surface area contributed by atoms with E-state index in [4.69, 9.17) is 5.11 Å². The number of ether oxygens (including phenoxy) is 1. The Morgan fingerprint density at radius 3 is 2.19 bits per heavy atom. The summed E-state index contributed by atoms with van der Waals surface area (Å²) in [7, 11) is 0. The number of alkyl halides is 3. The molecule has 0 saturated heterocycles. The molecule has 1 unspecified atom stereocenters. The average molecular weight is 234 g/mol. The summed E-state index contributed by atoms with van der Waals surface area (Å²) in [5, 5.41) is 8.90. The van der Waals surface area contributed by atoms with Crippen LogP contribution in [-0.2, 0) is 4.79 Å². The van der Waals surface area contributed by atoms with Crippen LogP contribution in [0.5, 0.6) is 5.75 Å². The molecule has 3 nitrogen and oxygen atoms in total. The standard InChI is InChI=1S/C10H9F3O3/c1-6(14)16-8-4-2-7(3-5-8)9(15)10(11,12)13/h2-5,9,15H,1H3. The van der Waals surface area contributed by atoms with Crippen molar-refractivity contribution >= 4 is 5.97 Å². The van der Waals surface area contributed by atoms with Gasteiger partial charge in [-0.15, -0.1) is 0 Å². The highest BCUT2D eigenvalue weighted by atomic mass is 19.4. The molecule has 0 fully saturated rings. The van der Waals surface area contributed by atoms with Gasteiger partial charge in [0.2, 0.25) is 0 Å². The van der Waals surface area contributed by atoms with Crippen molar-refractivity contribution in [3.05, 3.63) is 29.8 Å². The van der Waals surface area contributed by atoms with Gasteiger partial charge in [0.25, 0.3) is 0 Å². The zero-order valence-corrected chi connectivity index (χ0v) is 8.28. The molecule has 16 heavy (non-hydrogen) atoms. The molecule has 0 radical (unpaired) electrons. The molecule has 0 aromatic heterocycles. The Hall–Kier alpha value is -1.56. The van der Waals surface area contributed by atoms with Gasteiger partial charge in [-0.2, -0.15) is 13.2 Å². The lowest BCUT2D eigenvalue weighted by molar-refractivity contribution is -0.206. The molecule has 6 heteroatoms. The van der Waals surface area contributed by atoms with Gasteiger partial charge in [0.15, 0.2) is 6.10 Å². The highest BCUT2D eigenvalue weighted by Crippen LogP contribution is 2.32. The Balaban J connectivity index is 2.83. The monoisotopic (exact) mass is 234 g/mol. The summed E-state index contributed by atoms with van der Waals surface area (Å²) in [6.45, 7) is 1.18. The van der Waals surface area contributed by atoms with Crippen molar-refractivity contribution in [1.82, 2.24) is 0 Å². The maximum atomic E-state index is 12.1. The molecule has 88 valence electrons. The summed E-state index contributed by atoms with van der Waals surface area (Å²) in [6.07, 6.45) is -7.23. The first kappa shape index (κ1) is 12.5. The van der Waals surface area contributed by atoms with Gasteiger partial charge in [0.05, 0.1) is 0 Å². The highest BCUT2D eigenvalue weighted by Gasteiger charge is 2.39. The molecule has 1 aromatic carbocycles. The molecule has 0 bridgehead atoms. The van der Waals surface area contributed by atoms with E-state index >= 15 is 0 Å². The van der Waals surface area contributed by atoms with Crippen LogP contribution in [0.15, 0.2) is 24.3 Å². The number of hydrogen-bond donors (Lipinski definition) is 1. The number of carbonyl (C=O) groups is 1. The van der Waals surface area contributed by atoms with Gasteiger partial charge < -0.3 is 9.84 Å². The topological polar surface area (TPSA) is 46.5 Å². The van der Waals surface area contributed by atoms with E-state index in [2.05, 4.69) is 4.74 Å². The largest absolute Gasteiger partial charge is 0.427 e. The smallest absolute Gasteiger partial charge is 0.418 e. The number of benzene rings is 1. The van der Waals surface area contributed by atoms with Crippen LogP contribution in [-0.4, -0.2) is 17.3 Å². The van der Waals surface area contributed by atoms with Crippen LogP contribution < -0.4 is 4.74 Å². The maximum absolute atomic E-state index is 12.1. The van der Waals surface area contributed by atoms with Crippen LogP contribution in [0.3, 0.4) is 0 Å². The zero-order chi connectivity index (χ0) is 12.3. The van der Waals surface area contributed by atoms with Crippen LogP contribution in [0.2, 0.25) is 0 Å². The third kappa shape index (κ3) is 3.23. The predicted octanol–water partition coefficient (Wildman–Crippen LogP) is 2.21. The Bertz CT molecular complexity index is 370. The van der Waals surface area contributed by atoms with Crippen molar-refractivity contribution < 1.29 is 27.8 Å². The Labute approximate surface area is 89.5 Å². The number of hydrogen-bond acceptors (Lipinski definition) is 3. The number of halogens is 3. The molecule has 1 rings (SSSR count). The molecule has 0 aliphatic carbocycles. The molecule has 0 heterocycles. The molecule has 0 aliphatic heterocycles. The van der Waals surface area contributed by atoms with Crippen molar-refractivity contribution in [2.75, 3.05) is 0 Å². The minimum absolute atomic E-state index is 0.130. The summed E-state index contributed by atoms with van der Waals surface area (Å²) >= 11 is 0. The van der Waals surface area contributed by atoms with Crippen molar-refractivity contribution in [2.24, 2.45) is 0 Å². The van der Waals surface area contributed by atoms with E-state index in [-0.39, 0.29) is 11.3 Å². The molecular formula is C10H9F3O3. The summed E-state index contributed by atoms with van der Waals surface area (Å²) in [5.41, 5.74) is -0.302. The van der Waals surface area contributed by atoms with Gasteiger partial charge in [-0.05, 0) is 17.7 Å². The number of aliphatic hydroxyl groups is 1. The second kappa shape index (κ2) is 4.52. The molecule has 0 saturated carbocycles. The lowest BCUT2D eigenvalue weighted by Gasteiger charge is -2.14. The average Bonchev–Trinajstić information content (AvgIpc) is 2.15. The van der Waals surface area contributed by atoms with Crippen molar-refractivity contribution in [3.8, 4) is 5.75 Å². The fraction of sp³-hybridized carbons (Fsp3) is 0.300. The first-order chi connectivity index (χ1) is 7.30. The second-order valence-corrected chi connectivity index (χ2v) is 3.11. The minimum Gasteiger partial charge on any atom is -0.427 e. The molecule has 0 spiro atoms. The van der Waals surface area contributed by atoms with Crippen LogP contribution in [0.1, 0.15) is 18.6 Å². The fourth-order valence-corrected chi connectivity index (χ4v) is 1.07. The Kier molecular flexibility index (Phi) is 3.54. The summed E-state index contributed by atoms with van der Waals surface area (Å²) in [5.74, 6) is -0.435. The molecule has 1 aromatic rings. The van der Waals surface area contributed by atoms with E-state index in [9.17, 15) is 18.0 Å². The highest BCUT2D eigenvalue weighted by molar-refractivity contribution is 5.69. The molecule has 1 N–H and O–H groups in total. The third-order valence-electron chi connectivity index (χ3n) is 1.77. The van der Waals surface area contributed by atoms with Crippen molar-refractivity contribution in [3.63, 3.8) is 0 Å². The fourth-order valence-electron chi connectivity index (χ4n) is 1.07. The normalized spacial score (nSPS) is 13.3. The quantitative estimate of drug-likeness (QED) is 0.630. The lowest BCUT2D eigenvalue weighted by Crippen LogP contribution is -2.20. The summed E-state index contributed by atoms with van der Waals surface area (Å²) in [6, 6.07) is 4.48. The number of aliphatic hydroxyl groups excluding tert-OH is 1. The van der Waals surface area contributed by atoms with E-state index in [0.29, 0.717) is 0 Å². The van der Waals surface area contributed by atoms with Crippen LogP contribution in [0, 0.1) is 0 Å². The first-order valence-corrected chi connectivity index (χ1v) is 4.34. The minimum atomic E-state index is -4.71. The molecular weight excluding hydrogens is 225 g/mol. The van der Waals surface area contributed by atoms with Gasteiger partial charge in [-0.25, -0.2) is 0 Å². The molecule has 0 amide bonds. The summed E-state index contributed by atoms with van der Waals surface area (Å²) in [4.78, 5) is 10.5. The first-order valence-electron chi connectivity index (χ1n) is 4.34. The number of esters is 1. The second-order valence-electron chi connectivity index (χ2n) is 3.11. The van der Waals surface area contributed by atoms with Gasteiger partial charge >= 0.3 is 12.1 Å². The van der Waals surface area contributed by atoms with Crippen LogP contribution in [0.25, 0.3) is 0 Å². The van der Waals surface area contributed by atoms with Gasteiger partial charge in [-0.1, -0.05) is 12.1 Å². The predicted molar refractivity (Wildman–Crippen MR) is 48.8 cm³/mol. The summed E-state index contributed by atoms with van der Waals surface area (Å²) < 4.78 is 41.0. The van der Waals surface area contributed by atoms with E-state index in [1.54, 1.807) is 0 Å². The molecule has 0 aliphatic rings. The number of carbonyl (C=O) groups excluding carboxylic acids is 1. The van der Waals surface area contributed by atoms with Crippen molar-refractivity contribution in [1.29, 1.82) is 0 Å². The number of rotatable bonds is 2. The van der Waals surface area contributed by atoms with Crippen molar-refractivity contribution in [2.45, 2.75) is 19.2 Å². The lowest BCUT2D eigenvalue weighted by atomic mass is 10.1. The van der Waals surface area contributed by atoms with Gasteiger partial charge in [-0.3, -0.25) is 4.79 Å². The Morgan fingerprint density at radius 2 is 1.81 bits per heavy atom. The van der Waals surface area contributed by atoms with Crippen LogP contribution in [0.4, 0.5) is 13.2 Å². The van der Waals surface area contributed by atoms with Crippen LogP contribution >= 0.6 is 0 Å². The van der Waals surface area contributed by atoms with Gasteiger partial charge in [0.1, 0.15) is 5.75 Å². The van der Waals surface area contributed by atoms with E-state index < -0.39 is 18.2 Å². The molecule has 1 atom stereocenters. The Morgan fingerprint density at radius 1 is 1.31 bits per heavy atom. The van der Waals surface area contributed by atoms with E-state index in [1.807, 2.05) is 0 Å². The zero-order valence-electron chi connectivity index (χ0n) is 8.28. The van der Waals surface area contributed by atoms with E-state index in [1.165, 1.54) is 19.1 Å². The van der Waals surface area contributed by atoms with E-state index in [0.717, 1.165) is 12.1 Å². The third-order valence-corrected chi connectivity index (χ3v) is 1.77. The SMILES string of the molecule is CC(=O)Oc1ccc(C(O)C(F)(F)F)cc1. The maximum Gasteiger partial charge on any atom is 0.418 e.